The molecule has 2 aromatic rings. The van der Waals surface area contributed by atoms with E-state index in [0.717, 1.165) is 56.7 Å². The monoisotopic (exact) mass is 374 g/mol. The molecular formula is C21H30N2O4. The van der Waals surface area contributed by atoms with E-state index in [0.29, 0.717) is 13.2 Å². The number of rotatable bonds is 10. The van der Waals surface area contributed by atoms with Crippen LogP contribution < -0.4 is 10.1 Å². The number of methoxy groups -OCH3 is 1. The van der Waals surface area contributed by atoms with Crippen molar-refractivity contribution in [2.24, 2.45) is 0 Å². The summed E-state index contributed by atoms with van der Waals surface area (Å²) in [5.41, 5.74) is 1.20. The van der Waals surface area contributed by atoms with Crippen LogP contribution in [0.15, 0.2) is 40.8 Å². The molecule has 0 radical (unpaired) electrons. The Bertz CT molecular complexity index is 682. The van der Waals surface area contributed by atoms with Gasteiger partial charge in [-0.15, -0.1) is 0 Å². The summed E-state index contributed by atoms with van der Waals surface area (Å²) in [5, 5.41) is 3.58. The van der Waals surface area contributed by atoms with E-state index in [2.05, 4.69) is 28.4 Å². The molecule has 1 aliphatic heterocycles. The highest BCUT2D eigenvalue weighted by Crippen LogP contribution is 2.23. The maximum atomic E-state index is 5.92. The lowest BCUT2D eigenvalue weighted by Gasteiger charge is -2.33. The number of benzene rings is 1. The summed E-state index contributed by atoms with van der Waals surface area (Å²) >= 11 is 0. The predicted molar refractivity (Wildman–Crippen MR) is 104 cm³/mol. The molecular weight excluding hydrogens is 344 g/mol. The van der Waals surface area contributed by atoms with Crippen molar-refractivity contribution in [1.82, 2.24) is 10.2 Å². The molecule has 1 saturated heterocycles. The molecule has 1 N–H and O–H groups in total. The number of ether oxygens (including phenoxy) is 3. The summed E-state index contributed by atoms with van der Waals surface area (Å²) in [6.07, 6.45) is 0. The second-order valence-electron chi connectivity index (χ2n) is 6.73. The second-order valence-corrected chi connectivity index (χ2v) is 6.73. The molecule has 0 saturated carbocycles. The van der Waals surface area contributed by atoms with Crippen LogP contribution in [-0.4, -0.2) is 58.1 Å². The van der Waals surface area contributed by atoms with Crippen LogP contribution in [0, 0.1) is 6.92 Å². The zero-order chi connectivity index (χ0) is 18.9. The third-order valence-corrected chi connectivity index (χ3v) is 4.70. The van der Waals surface area contributed by atoms with Gasteiger partial charge < -0.3 is 23.9 Å². The van der Waals surface area contributed by atoms with Gasteiger partial charge in [0.1, 0.15) is 23.9 Å². The molecule has 3 rings (SSSR count). The van der Waals surface area contributed by atoms with Gasteiger partial charge in [-0.05, 0) is 36.8 Å². The first-order valence-electron chi connectivity index (χ1n) is 9.56. The highest BCUT2D eigenvalue weighted by atomic mass is 16.5. The van der Waals surface area contributed by atoms with E-state index in [-0.39, 0.29) is 6.04 Å². The van der Waals surface area contributed by atoms with Crippen molar-refractivity contribution >= 4 is 0 Å². The van der Waals surface area contributed by atoms with E-state index in [1.807, 2.05) is 25.1 Å². The molecule has 6 nitrogen and oxygen atoms in total. The number of nitrogens with zero attached hydrogens (tertiary/aromatic N) is 1. The second kappa shape index (κ2) is 10.5. The van der Waals surface area contributed by atoms with E-state index >= 15 is 0 Å². The smallest absolute Gasteiger partial charge is 0.122 e. The van der Waals surface area contributed by atoms with Crippen LogP contribution in [0.5, 0.6) is 5.75 Å². The molecule has 0 amide bonds. The third kappa shape index (κ3) is 6.07. The lowest BCUT2D eigenvalue weighted by Crippen LogP contribution is -2.42. The number of nitrogens with one attached hydrogen (secondary N) is 1. The SMILES string of the molecule is COCCOc1cccc(CNCC(c2ccc(C)o2)N2CCOCC2)c1. The zero-order valence-electron chi connectivity index (χ0n) is 16.3. The van der Waals surface area contributed by atoms with Crippen molar-refractivity contribution < 1.29 is 18.6 Å². The van der Waals surface area contributed by atoms with Gasteiger partial charge in [-0.3, -0.25) is 4.90 Å². The Morgan fingerprint density at radius 1 is 1.15 bits per heavy atom. The molecule has 1 fully saturated rings. The minimum absolute atomic E-state index is 0.212. The Labute approximate surface area is 161 Å². The Morgan fingerprint density at radius 2 is 2.00 bits per heavy atom. The number of aryl methyl sites for hydroxylation is 1. The number of hydrogen-bond donors (Lipinski definition) is 1. The summed E-state index contributed by atoms with van der Waals surface area (Å²) in [6, 6.07) is 12.5. The molecule has 0 aliphatic carbocycles. The van der Waals surface area contributed by atoms with Crippen molar-refractivity contribution in [3.8, 4) is 5.75 Å². The van der Waals surface area contributed by atoms with Crippen LogP contribution in [0.1, 0.15) is 23.1 Å². The van der Waals surface area contributed by atoms with Crippen molar-refractivity contribution in [1.29, 1.82) is 0 Å². The van der Waals surface area contributed by atoms with Gasteiger partial charge in [0.05, 0.1) is 25.9 Å². The quantitative estimate of drug-likeness (QED) is 0.646. The summed E-state index contributed by atoms with van der Waals surface area (Å²) in [5.74, 6) is 2.83. The molecule has 6 heteroatoms. The van der Waals surface area contributed by atoms with Crippen LogP contribution in [0.4, 0.5) is 0 Å². The van der Waals surface area contributed by atoms with E-state index < -0.39 is 0 Å². The molecule has 0 bridgehead atoms. The molecule has 148 valence electrons. The van der Waals surface area contributed by atoms with Gasteiger partial charge in [0.25, 0.3) is 0 Å². The van der Waals surface area contributed by atoms with Crippen LogP contribution in [0.3, 0.4) is 0 Å². The molecule has 1 aromatic carbocycles. The Hall–Kier alpha value is -1.86. The maximum absolute atomic E-state index is 5.92. The fourth-order valence-electron chi connectivity index (χ4n) is 3.27. The first-order valence-corrected chi connectivity index (χ1v) is 9.56. The highest BCUT2D eigenvalue weighted by molar-refractivity contribution is 5.28. The number of furan rings is 1. The first-order chi connectivity index (χ1) is 13.3. The average molecular weight is 374 g/mol. The Morgan fingerprint density at radius 3 is 2.74 bits per heavy atom. The van der Waals surface area contributed by atoms with Crippen molar-refractivity contribution in [3.05, 3.63) is 53.5 Å². The fraction of sp³-hybridized carbons (Fsp3) is 0.524. The van der Waals surface area contributed by atoms with Crippen molar-refractivity contribution in [3.63, 3.8) is 0 Å². The third-order valence-electron chi connectivity index (χ3n) is 4.70. The summed E-state index contributed by atoms with van der Waals surface area (Å²) in [4.78, 5) is 2.43. The van der Waals surface area contributed by atoms with E-state index in [4.69, 9.17) is 18.6 Å². The summed E-state index contributed by atoms with van der Waals surface area (Å²) in [7, 11) is 1.68. The molecule has 1 atom stereocenters. The van der Waals surface area contributed by atoms with Gasteiger partial charge in [0.2, 0.25) is 0 Å². The predicted octanol–water partition coefficient (Wildman–Crippen LogP) is 2.78. The minimum Gasteiger partial charge on any atom is -0.491 e. The highest BCUT2D eigenvalue weighted by Gasteiger charge is 2.24. The van der Waals surface area contributed by atoms with Gasteiger partial charge in [-0.2, -0.15) is 0 Å². The zero-order valence-corrected chi connectivity index (χ0v) is 16.3. The van der Waals surface area contributed by atoms with E-state index in [1.165, 1.54) is 5.56 Å². The molecule has 2 heterocycles. The molecule has 1 aromatic heterocycles. The average Bonchev–Trinajstić information content (AvgIpc) is 3.12. The van der Waals surface area contributed by atoms with Crippen LogP contribution in [0.2, 0.25) is 0 Å². The molecule has 27 heavy (non-hydrogen) atoms. The lowest BCUT2D eigenvalue weighted by atomic mass is 10.1. The molecule has 1 unspecified atom stereocenters. The maximum Gasteiger partial charge on any atom is 0.122 e. The van der Waals surface area contributed by atoms with Crippen molar-refractivity contribution in [2.75, 3.05) is 53.2 Å². The van der Waals surface area contributed by atoms with E-state index in [9.17, 15) is 0 Å². The fourth-order valence-corrected chi connectivity index (χ4v) is 3.27. The van der Waals surface area contributed by atoms with Crippen LogP contribution >= 0.6 is 0 Å². The van der Waals surface area contributed by atoms with E-state index in [1.54, 1.807) is 7.11 Å². The topological polar surface area (TPSA) is 56.1 Å². The molecule has 0 spiro atoms. The van der Waals surface area contributed by atoms with Gasteiger partial charge in [0, 0.05) is 33.3 Å². The van der Waals surface area contributed by atoms with Gasteiger partial charge in [-0.25, -0.2) is 0 Å². The van der Waals surface area contributed by atoms with Gasteiger partial charge in [-0.1, -0.05) is 12.1 Å². The minimum atomic E-state index is 0.212. The standard InChI is InChI=1S/C21H30N2O4/c1-17-6-7-21(27-17)20(23-8-10-25-11-9-23)16-22-15-18-4-3-5-19(14-18)26-13-12-24-2/h3-7,14,20,22H,8-13,15-16H2,1-2H3. The largest absolute Gasteiger partial charge is 0.491 e. The summed E-state index contributed by atoms with van der Waals surface area (Å²) in [6.45, 7) is 8.14. The normalized spacial score (nSPS) is 16.4. The van der Waals surface area contributed by atoms with Crippen molar-refractivity contribution in [2.45, 2.75) is 19.5 Å². The van der Waals surface area contributed by atoms with Crippen LogP contribution in [-0.2, 0) is 16.0 Å². The number of morpholine rings is 1. The summed E-state index contributed by atoms with van der Waals surface area (Å²) < 4.78 is 22.1. The number of hydrogen-bond acceptors (Lipinski definition) is 6. The molecule has 1 aliphatic rings. The Kier molecular flexibility index (Phi) is 7.71. The Balaban J connectivity index is 1.56. The lowest BCUT2D eigenvalue weighted by molar-refractivity contribution is 0.0115. The van der Waals surface area contributed by atoms with Gasteiger partial charge >= 0.3 is 0 Å². The van der Waals surface area contributed by atoms with Gasteiger partial charge in [0.15, 0.2) is 0 Å². The first kappa shape index (κ1) is 19.9. The van der Waals surface area contributed by atoms with Crippen LogP contribution in [0.25, 0.3) is 0 Å².